The number of esters is 4. The third-order valence-corrected chi connectivity index (χ3v) is 8.67. The van der Waals surface area contributed by atoms with Gasteiger partial charge in [-0.3, -0.25) is 0 Å². The van der Waals surface area contributed by atoms with Crippen LogP contribution in [0.15, 0.2) is 102 Å². The Morgan fingerprint density at radius 3 is 1.57 bits per heavy atom. The molecule has 0 radical (unpaired) electrons. The molecule has 0 aromatic heterocycles. The van der Waals surface area contributed by atoms with Crippen LogP contribution in [0.2, 0.25) is 0 Å². The van der Waals surface area contributed by atoms with E-state index in [-0.39, 0.29) is 23.3 Å². The number of oxime groups is 1. The number of aliphatic hydroxyl groups is 2. The van der Waals surface area contributed by atoms with Gasteiger partial charge in [0.2, 0.25) is 0 Å². The standard InChI is InChI=1S/C22H24FNO6.C21H21FO6/c1-14-4-8-16(9-5-14)21(26)29-13-19(25)20(18(23)12-24-28-3)30-22(27)17-10-6-15(2)7-11-17;1-12-3-7-14(8-4-12)19(23)26-11-16-18(17(22)21(25)27-16)28-20(24)15-9-5-13(2)6-10-15/h4-12,18-20,25H,13H2,1-3H3;3-10,16-18,21,25H,11H2,1-2H3/t18-,19-,20+;16-,17+,18-,21?/m11/s1. The molecule has 7 atom stereocenters. The summed E-state index contributed by atoms with van der Waals surface area (Å²) in [5, 5.41) is 23.3. The summed E-state index contributed by atoms with van der Waals surface area (Å²) in [4.78, 5) is 53.3. The van der Waals surface area contributed by atoms with E-state index in [1.165, 1.54) is 19.2 Å². The average molecular weight is 806 g/mol. The van der Waals surface area contributed by atoms with Crippen LogP contribution in [0.3, 0.4) is 0 Å². The second kappa shape index (κ2) is 21.5. The van der Waals surface area contributed by atoms with Gasteiger partial charge in [0.15, 0.2) is 30.8 Å². The lowest BCUT2D eigenvalue weighted by Crippen LogP contribution is -2.43. The third kappa shape index (κ3) is 13.0. The number of ether oxygens (including phenoxy) is 5. The number of rotatable bonds is 14. The smallest absolute Gasteiger partial charge is 0.338 e. The highest BCUT2D eigenvalue weighted by Gasteiger charge is 2.48. The van der Waals surface area contributed by atoms with Crippen LogP contribution >= 0.6 is 0 Å². The fourth-order valence-corrected chi connectivity index (χ4v) is 5.26. The number of nitrogens with zero attached hydrogens (tertiary/aromatic N) is 1. The van der Waals surface area contributed by atoms with E-state index in [9.17, 15) is 38.2 Å². The molecule has 1 heterocycles. The number of alkyl halides is 2. The molecule has 1 saturated heterocycles. The summed E-state index contributed by atoms with van der Waals surface area (Å²) in [6.07, 6.45) is -10.8. The van der Waals surface area contributed by atoms with Crippen molar-refractivity contribution in [2.75, 3.05) is 20.3 Å². The van der Waals surface area contributed by atoms with Crippen LogP contribution in [0.25, 0.3) is 0 Å². The number of carbonyl (C=O) groups excluding carboxylic acids is 4. The molecule has 5 rings (SSSR count). The van der Waals surface area contributed by atoms with Gasteiger partial charge in [-0.25, -0.2) is 28.0 Å². The highest BCUT2D eigenvalue weighted by Crippen LogP contribution is 2.27. The van der Waals surface area contributed by atoms with E-state index in [4.69, 9.17) is 23.7 Å². The van der Waals surface area contributed by atoms with Crippen molar-refractivity contribution in [1.29, 1.82) is 0 Å². The van der Waals surface area contributed by atoms with Gasteiger partial charge in [0, 0.05) is 0 Å². The van der Waals surface area contributed by atoms with Crippen LogP contribution in [-0.2, 0) is 28.5 Å². The maximum Gasteiger partial charge on any atom is 0.338 e. The van der Waals surface area contributed by atoms with E-state index in [1.807, 2.05) is 27.7 Å². The Morgan fingerprint density at radius 2 is 1.12 bits per heavy atom. The highest BCUT2D eigenvalue weighted by atomic mass is 19.1. The minimum absolute atomic E-state index is 0.185. The number of carbonyl (C=O) groups is 4. The van der Waals surface area contributed by atoms with Crippen LogP contribution < -0.4 is 0 Å². The van der Waals surface area contributed by atoms with Crippen molar-refractivity contribution in [2.24, 2.45) is 5.16 Å². The Labute approximate surface area is 334 Å². The molecular formula is C43H45F2NO12. The fourth-order valence-electron chi connectivity index (χ4n) is 5.26. The van der Waals surface area contributed by atoms with Crippen molar-refractivity contribution in [3.05, 3.63) is 142 Å². The maximum absolute atomic E-state index is 14.5. The molecule has 308 valence electrons. The topological polar surface area (TPSA) is 176 Å². The van der Waals surface area contributed by atoms with Gasteiger partial charge in [-0.2, -0.15) is 0 Å². The second-order valence-electron chi connectivity index (χ2n) is 13.4. The predicted molar refractivity (Wildman–Crippen MR) is 206 cm³/mol. The summed E-state index contributed by atoms with van der Waals surface area (Å²) in [6.45, 7) is 6.52. The van der Waals surface area contributed by atoms with Crippen LogP contribution in [0, 0.1) is 27.7 Å². The molecule has 13 nitrogen and oxygen atoms in total. The summed E-state index contributed by atoms with van der Waals surface area (Å²) in [6, 6.07) is 26.4. The van der Waals surface area contributed by atoms with Gasteiger partial charge in [-0.15, -0.1) is 0 Å². The molecular weight excluding hydrogens is 760 g/mol. The van der Waals surface area contributed by atoms with Gasteiger partial charge in [0.25, 0.3) is 0 Å². The second-order valence-corrected chi connectivity index (χ2v) is 13.4. The summed E-state index contributed by atoms with van der Waals surface area (Å²) in [5.41, 5.74) is 4.88. The van der Waals surface area contributed by atoms with Gasteiger partial charge in [0.1, 0.15) is 32.5 Å². The maximum atomic E-state index is 14.5. The quantitative estimate of drug-likeness (QED) is 0.0684. The lowest BCUT2D eigenvalue weighted by Gasteiger charge is -2.24. The third-order valence-electron chi connectivity index (χ3n) is 8.67. The molecule has 1 aliphatic rings. The van der Waals surface area contributed by atoms with Crippen LogP contribution in [0.4, 0.5) is 8.78 Å². The molecule has 58 heavy (non-hydrogen) atoms. The van der Waals surface area contributed by atoms with E-state index in [1.54, 1.807) is 84.9 Å². The lowest BCUT2D eigenvalue weighted by atomic mass is 10.1. The molecule has 0 spiro atoms. The first-order valence-corrected chi connectivity index (χ1v) is 18.1. The first kappa shape index (κ1) is 44.7. The molecule has 1 fully saturated rings. The average Bonchev–Trinajstić information content (AvgIpc) is 3.48. The SMILES string of the molecule is CON=C[C@@H](F)[C@H](OC(=O)c1ccc(C)cc1)[C@H](O)COC(=O)c1ccc(C)cc1.Cc1ccc(C(=O)OC[C@H]2OC(O)[C@@H](F)[C@@H]2OC(=O)c2ccc(C)cc2)cc1. The van der Waals surface area contributed by atoms with Gasteiger partial charge in [-0.1, -0.05) is 75.9 Å². The Kier molecular flexibility index (Phi) is 16.5. The monoisotopic (exact) mass is 805 g/mol. The number of hydrogen-bond donors (Lipinski definition) is 2. The van der Waals surface area contributed by atoms with E-state index in [2.05, 4.69) is 9.99 Å². The Bertz CT molecular complexity index is 1990. The van der Waals surface area contributed by atoms with E-state index in [0.717, 1.165) is 28.5 Å². The van der Waals surface area contributed by atoms with E-state index < -0.39 is 73.5 Å². The Hall–Kier alpha value is -6.03. The predicted octanol–water partition coefficient (Wildman–Crippen LogP) is 5.76. The largest absolute Gasteiger partial charge is 0.459 e. The van der Waals surface area contributed by atoms with Crippen molar-refractivity contribution in [3.63, 3.8) is 0 Å². The van der Waals surface area contributed by atoms with Gasteiger partial charge in [-0.05, 0) is 76.2 Å². The fraction of sp³-hybridized carbons (Fsp3) is 0.326. The van der Waals surface area contributed by atoms with Crippen molar-refractivity contribution < 1.29 is 66.7 Å². The van der Waals surface area contributed by atoms with Gasteiger partial charge in [0.05, 0.1) is 28.5 Å². The zero-order valence-corrected chi connectivity index (χ0v) is 32.5. The number of aliphatic hydroxyl groups excluding tert-OH is 2. The van der Waals surface area contributed by atoms with Crippen LogP contribution in [0.1, 0.15) is 63.7 Å². The van der Waals surface area contributed by atoms with Gasteiger partial charge >= 0.3 is 23.9 Å². The summed E-state index contributed by atoms with van der Waals surface area (Å²) in [7, 11) is 1.22. The Morgan fingerprint density at radius 1 is 0.707 bits per heavy atom. The molecule has 0 saturated carbocycles. The number of benzene rings is 4. The van der Waals surface area contributed by atoms with Crippen molar-refractivity contribution in [3.8, 4) is 0 Å². The van der Waals surface area contributed by atoms with Crippen LogP contribution in [-0.4, -0.2) is 104 Å². The Balaban J connectivity index is 0.000000257. The molecule has 0 bridgehead atoms. The normalized spacial score (nSPS) is 18.8. The molecule has 0 amide bonds. The first-order chi connectivity index (χ1) is 27.7. The number of hydrogen-bond acceptors (Lipinski definition) is 13. The molecule has 1 unspecified atom stereocenters. The summed E-state index contributed by atoms with van der Waals surface area (Å²) in [5.74, 6) is -2.90. The van der Waals surface area contributed by atoms with Crippen molar-refractivity contribution in [1.82, 2.24) is 0 Å². The number of halogens is 2. The lowest BCUT2D eigenvalue weighted by molar-refractivity contribution is -0.122. The van der Waals surface area contributed by atoms with Gasteiger partial charge < -0.3 is 38.7 Å². The summed E-state index contributed by atoms with van der Waals surface area (Å²) >= 11 is 0. The minimum Gasteiger partial charge on any atom is -0.459 e. The van der Waals surface area contributed by atoms with Crippen molar-refractivity contribution >= 4 is 30.1 Å². The molecule has 4 aromatic carbocycles. The first-order valence-electron chi connectivity index (χ1n) is 18.1. The molecule has 4 aromatic rings. The van der Waals surface area contributed by atoms with E-state index >= 15 is 0 Å². The summed E-state index contributed by atoms with van der Waals surface area (Å²) < 4.78 is 54.4. The van der Waals surface area contributed by atoms with Crippen LogP contribution in [0.5, 0.6) is 0 Å². The molecule has 15 heteroatoms. The minimum atomic E-state index is -1.99. The van der Waals surface area contributed by atoms with Crippen molar-refractivity contribution in [2.45, 2.75) is 70.7 Å². The number of aryl methyl sites for hydroxylation is 4. The molecule has 1 aliphatic heterocycles. The van der Waals surface area contributed by atoms with E-state index in [0.29, 0.717) is 5.56 Å². The molecule has 2 N–H and O–H groups in total. The zero-order valence-electron chi connectivity index (χ0n) is 32.5. The highest BCUT2D eigenvalue weighted by molar-refractivity contribution is 5.91. The molecule has 0 aliphatic carbocycles. The zero-order chi connectivity index (χ0) is 42.4.